The van der Waals surface area contributed by atoms with Crippen molar-refractivity contribution < 1.29 is 19.1 Å². The fraction of sp³-hybridized carbons (Fsp3) is 0.769. The van der Waals surface area contributed by atoms with Crippen molar-refractivity contribution in [3.8, 4) is 6.07 Å². The van der Waals surface area contributed by atoms with Gasteiger partial charge in [-0.3, -0.25) is 14.5 Å². The predicted octanol–water partition coefficient (Wildman–Crippen LogP) is 0.761. The molecule has 0 aromatic heterocycles. The van der Waals surface area contributed by atoms with Gasteiger partial charge < -0.3 is 9.47 Å². The molecule has 0 spiro atoms. The zero-order chi connectivity index (χ0) is 14.5. The second kappa shape index (κ2) is 11.6. The molecule has 0 rings (SSSR count). The first kappa shape index (κ1) is 17.6. The van der Waals surface area contributed by atoms with Crippen LogP contribution in [0.2, 0.25) is 0 Å². The number of hydrogen-bond acceptors (Lipinski definition) is 6. The van der Waals surface area contributed by atoms with Crippen LogP contribution in [-0.4, -0.2) is 56.6 Å². The summed E-state index contributed by atoms with van der Waals surface area (Å²) in [6.07, 6.45) is 0.660. The van der Waals surface area contributed by atoms with Crippen molar-refractivity contribution in [2.75, 3.05) is 40.0 Å². The number of rotatable bonds is 11. The van der Waals surface area contributed by atoms with Gasteiger partial charge in [-0.15, -0.1) is 0 Å². The van der Waals surface area contributed by atoms with E-state index in [4.69, 9.17) is 14.7 Å². The summed E-state index contributed by atoms with van der Waals surface area (Å²) < 4.78 is 9.71. The summed E-state index contributed by atoms with van der Waals surface area (Å²) in [5.74, 6) is -0.376. The first-order valence-corrected chi connectivity index (χ1v) is 6.39. The molecule has 108 valence electrons. The highest BCUT2D eigenvalue weighted by Gasteiger charge is 2.12. The fourth-order valence-electron chi connectivity index (χ4n) is 1.50. The molecule has 6 nitrogen and oxygen atoms in total. The second-order valence-corrected chi connectivity index (χ2v) is 4.02. The summed E-state index contributed by atoms with van der Waals surface area (Å²) in [6.45, 7) is 3.94. The predicted molar refractivity (Wildman–Crippen MR) is 69.4 cm³/mol. The van der Waals surface area contributed by atoms with Crippen molar-refractivity contribution in [2.24, 2.45) is 0 Å². The van der Waals surface area contributed by atoms with E-state index in [9.17, 15) is 9.59 Å². The van der Waals surface area contributed by atoms with E-state index >= 15 is 0 Å². The number of carbonyl (C=O) groups excluding carboxylic acids is 2. The van der Waals surface area contributed by atoms with Gasteiger partial charge in [0.2, 0.25) is 0 Å². The van der Waals surface area contributed by atoms with Crippen LogP contribution in [0.5, 0.6) is 0 Å². The number of hydrogen-bond donors (Lipinski definition) is 0. The van der Waals surface area contributed by atoms with Crippen LogP contribution in [0.25, 0.3) is 0 Å². The maximum Gasteiger partial charge on any atom is 0.306 e. The molecule has 19 heavy (non-hydrogen) atoms. The summed E-state index contributed by atoms with van der Waals surface area (Å²) in [7, 11) is 1.59. The Morgan fingerprint density at radius 1 is 1.26 bits per heavy atom. The van der Waals surface area contributed by atoms with Gasteiger partial charge in [0.05, 0.1) is 32.2 Å². The average molecular weight is 270 g/mol. The molecular formula is C13H22N2O4. The molecule has 0 aromatic carbocycles. The van der Waals surface area contributed by atoms with Crippen LogP contribution in [-0.2, 0) is 19.1 Å². The molecule has 0 aliphatic carbocycles. The average Bonchev–Trinajstić information content (AvgIpc) is 2.40. The van der Waals surface area contributed by atoms with Crippen LogP contribution in [0.4, 0.5) is 0 Å². The van der Waals surface area contributed by atoms with Gasteiger partial charge in [-0.05, 0) is 6.92 Å². The minimum Gasteiger partial charge on any atom is -0.466 e. The molecule has 0 aliphatic heterocycles. The highest BCUT2D eigenvalue weighted by atomic mass is 16.5. The summed E-state index contributed by atoms with van der Waals surface area (Å²) >= 11 is 0. The molecule has 0 N–H and O–H groups in total. The van der Waals surface area contributed by atoms with Crippen LogP contribution >= 0.6 is 0 Å². The van der Waals surface area contributed by atoms with Crippen molar-refractivity contribution in [1.82, 2.24) is 4.90 Å². The highest BCUT2D eigenvalue weighted by molar-refractivity contribution is 5.84. The molecule has 0 amide bonds. The van der Waals surface area contributed by atoms with Gasteiger partial charge in [-0.1, -0.05) is 0 Å². The zero-order valence-corrected chi connectivity index (χ0v) is 11.7. The Hall–Kier alpha value is -1.45. The maximum atomic E-state index is 11.7. The van der Waals surface area contributed by atoms with Gasteiger partial charge in [0.25, 0.3) is 0 Å². The Bertz CT molecular complexity index is 312. The van der Waals surface area contributed by atoms with Crippen LogP contribution in [0, 0.1) is 11.3 Å². The minimum absolute atomic E-state index is 0.0258. The molecule has 0 aliphatic rings. The van der Waals surface area contributed by atoms with E-state index in [0.29, 0.717) is 32.7 Å². The van der Waals surface area contributed by atoms with Crippen molar-refractivity contribution >= 4 is 11.8 Å². The van der Waals surface area contributed by atoms with Gasteiger partial charge in [0.1, 0.15) is 5.78 Å². The standard InChI is InChI=1S/C13H22N2O4/c1-3-19-13(17)6-5-12(16)11-15(8-4-7-14)9-10-18-2/h3-6,8-11H2,1-2H3. The maximum absolute atomic E-state index is 11.7. The monoisotopic (exact) mass is 270 g/mol. The van der Waals surface area contributed by atoms with Gasteiger partial charge in [0.15, 0.2) is 0 Å². The quantitative estimate of drug-likeness (QED) is 0.516. The third-order valence-electron chi connectivity index (χ3n) is 2.46. The number of esters is 1. The molecule has 0 fully saturated rings. The number of carbonyl (C=O) groups is 2. The SMILES string of the molecule is CCOC(=O)CCC(=O)CN(CCC#N)CCOC. The lowest BCUT2D eigenvalue weighted by Gasteiger charge is -2.19. The summed E-state index contributed by atoms with van der Waals surface area (Å²) in [5, 5.41) is 8.56. The number of ketones is 1. The normalized spacial score (nSPS) is 10.2. The third-order valence-corrected chi connectivity index (χ3v) is 2.46. The largest absolute Gasteiger partial charge is 0.466 e. The molecular weight excluding hydrogens is 248 g/mol. The number of ether oxygens (including phenoxy) is 2. The smallest absolute Gasteiger partial charge is 0.306 e. The molecule has 6 heteroatoms. The lowest BCUT2D eigenvalue weighted by atomic mass is 10.2. The molecule has 0 heterocycles. The van der Waals surface area contributed by atoms with Crippen molar-refractivity contribution in [3.05, 3.63) is 0 Å². The first-order chi connectivity index (χ1) is 9.13. The Morgan fingerprint density at radius 3 is 2.58 bits per heavy atom. The summed E-state index contributed by atoms with van der Waals surface area (Å²) in [6, 6.07) is 2.05. The van der Waals surface area contributed by atoms with Crippen LogP contribution in [0.3, 0.4) is 0 Å². The summed E-state index contributed by atoms with van der Waals surface area (Å²) in [5.41, 5.74) is 0. The van der Waals surface area contributed by atoms with E-state index in [1.807, 2.05) is 11.0 Å². The van der Waals surface area contributed by atoms with Gasteiger partial charge in [-0.2, -0.15) is 5.26 Å². The van der Waals surface area contributed by atoms with Crippen LogP contribution < -0.4 is 0 Å². The Labute approximate surface area is 114 Å². The van der Waals surface area contributed by atoms with E-state index < -0.39 is 0 Å². The lowest BCUT2D eigenvalue weighted by Crippen LogP contribution is -2.33. The Morgan fingerprint density at radius 2 is 2.00 bits per heavy atom. The lowest BCUT2D eigenvalue weighted by molar-refractivity contribution is -0.144. The molecule has 0 atom stereocenters. The molecule has 0 saturated carbocycles. The number of nitriles is 1. The van der Waals surface area contributed by atoms with Crippen LogP contribution in [0.15, 0.2) is 0 Å². The Kier molecular flexibility index (Phi) is 10.7. The van der Waals surface area contributed by atoms with E-state index in [2.05, 4.69) is 0 Å². The minimum atomic E-state index is -0.351. The van der Waals surface area contributed by atoms with E-state index in [-0.39, 0.29) is 31.1 Å². The highest BCUT2D eigenvalue weighted by Crippen LogP contribution is 1.99. The summed E-state index contributed by atoms with van der Waals surface area (Å²) in [4.78, 5) is 24.7. The van der Waals surface area contributed by atoms with Crippen molar-refractivity contribution in [3.63, 3.8) is 0 Å². The molecule has 0 bridgehead atoms. The Balaban J connectivity index is 4.00. The van der Waals surface area contributed by atoms with Crippen LogP contribution in [0.1, 0.15) is 26.2 Å². The topological polar surface area (TPSA) is 79.6 Å². The molecule has 0 saturated heterocycles. The zero-order valence-electron chi connectivity index (χ0n) is 11.7. The second-order valence-electron chi connectivity index (χ2n) is 4.02. The van der Waals surface area contributed by atoms with Gasteiger partial charge in [-0.25, -0.2) is 0 Å². The van der Waals surface area contributed by atoms with Gasteiger partial charge in [0, 0.05) is 33.0 Å². The first-order valence-electron chi connectivity index (χ1n) is 6.39. The third kappa shape index (κ3) is 10.2. The number of methoxy groups -OCH3 is 1. The fourth-order valence-corrected chi connectivity index (χ4v) is 1.50. The van der Waals surface area contributed by atoms with Crippen molar-refractivity contribution in [2.45, 2.75) is 26.2 Å². The molecule has 0 radical (unpaired) electrons. The molecule has 0 unspecified atom stereocenters. The van der Waals surface area contributed by atoms with Crippen molar-refractivity contribution in [1.29, 1.82) is 5.26 Å². The van der Waals surface area contributed by atoms with Gasteiger partial charge >= 0.3 is 5.97 Å². The molecule has 0 aromatic rings. The number of nitrogens with zero attached hydrogens (tertiary/aromatic N) is 2. The number of Topliss-reactive ketones (excluding diaryl/α,β-unsaturated/α-hetero) is 1. The van der Waals surface area contributed by atoms with E-state index in [1.165, 1.54) is 0 Å². The van der Waals surface area contributed by atoms with E-state index in [1.54, 1.807) is 14.0 Å². The van der Waals surface area contributed by atoms with E-state index in [0.717, 1.165) is 0 Å².